The summed E-state index contributed by atoms with van der Waals surface area (Å²) in [5.74, 6) is 0.674. The van der Waals surface area contributed by atoms with Gasteiger partial charge in [0.1, 0.15) is 0 Å². The van der Waals surface area contributed by atoms with Crippen molar-refractivity contribution in [2.75, 3.05) is 0 Å². The topological polar surface area (TPSA) is 49.6 Å². The minimum Gasteiger partial charge on any atom is -0.228 e. The molecule has 1 aromatic heterocycles. The van der Waals surface area contributed by atoms with Gasteiger partial charge in [0.2, 0.25) is 0 Å². The second kappa shape index (κ2) is 13.7. The van der Waals surface area contributed by atoms with Crippen molar-refractivity contribution in [2.45, 2.75) is 0 Å². The van der Waals surface area contributed by atoms with Gasteiger partial charge in [-0.1, -0.05) is 170 Å². The molecular weight excluding hydrogens is 703 g/mol. The van der Waals surface area contributed by atoms with Crippen LogP contribution in [0, 0.1) is 11.3 Å². The fourth-order valence-corrected chi connectivity index (χ4v) is 8.79. The number of benzene rings is 10. The third kappa shape index (κ3) is 5.51. The molecule has 0 aliphatic rings. The maximum Gasteiger partial charge on any atom is 0.161 e. The van der Waals surface area contributed by atoms with E-state index in [9.17, 15) is 5.26 Å². The lowest BCUT2D eigenvalue weighted by molar-refractivity contribution is 1.19. The van der Waals surface area contributed by atoms with Crippen LogP contribution in [-0.4, -0.2) is 9.97 Å². The van der Waals surface area contributed by atoms with E-state index >= 15 is 0 Å². The number of rotatable bonds is 5. The average Bonchev–Trinajstić information content (AvgIpc) is 3.30. The molecule has 1 heterocycles. The van der Waals surface area contributed by atoms with Crippen LogP contribution in [0.2, 0.25) is 0 Å². The largest absolute Gasteiger partial charge is 0.228 e. The maximum absolute atomic E-state index is 9.39. The van der Waals surface area contributed by atoms with Crippen molar-refractivity contribution in [2.24, 2.45) is 0 Å². The van der Waals surface area contributed by atoms with Crippen molar-refractivity contribution in [1.82, 2.24) is 9.97 Å². The van der Waals surface area contributed by atoms with Crippen molar-refractivity contribution in [1.29, 1.82) is 5.26 Å². The molecule has 0 fully saturated rings. The Hall–Kier alpha value is -7.93. The molecule has 0 amide bonds. The van der Waals surface area contributed by atoms with Crippen LogP contribution in [-0.2, 0) is 0 Å². The van der Waals surface area contributed by atoms with E-state index in [2.05, 4.69) is 176 Å². The Bertz CT molecular complexity index is 3390. The van der Waals surface area contributed by atoms with Crippen LogP contribution in [0.1, 0.15) is 5.56 Å². The Labute approximate surface area is 335 Å². The first kappa shape index (κ1) is 33.4. The summed E-state index contributed by atoms with van der Waals surface area (Å²) in [6.07, 6.45) is 0. The van der Waals surface area contributed by atoms with Gasteiger partial charge in [0.25, 0.3) is 0 Å². The lowest BCUT2D eigenvalue weighted by Gasteiger charge is -2.20. The highest BCUT2D eigenvalue weighted by Crippen LogP contribution is 2.48. The van der Waals surface area contributed by atoms with Crippen molar-refractivity contribution in [3.05, 3.63) is 206 Å². The van der Waals surface area contributed by atoms with Gasteiger partial charge in [-0.15, -0.1) is 0 Å². The number of aromatic nitrogens is 2. The fraction of sp³-hybridized carbons (Fsp3) is 0. The predicted octanol–water partition coefficient (Wildman–Crippen LogP) is 14.4. The van der Waals surface area contributed by atoms with Gasteiger partial charge in [-0.25, -0.2) is 9.97 Å². The smallest absolute Gasteiger partial charge is 0.161 e. The second-order valence-electron chi connectivity index (χ2n) is 14.8. The Balaban J connectivity index is 1.21. The van der Waals surface area contributed by atoms with Gasteiger partial charge >= 0.3 is 0 Å². The first-order chi connectivity index (χ1) is 28.7. The molecule has 10 aromatic carbocycles. The molecule has 0 saturated heterocycles. The van der Waals surface area contributed by atoms with E-state index in [0.29, 0.717) is 11.4 Å². The van der Waals surface area contributed by atoms with Crippen molar-refractivity contribution in [3.63, 3.8) is 0 Å². The van der Waals surface area contributed by atoms with Crippen LogP contribution in [0.15, 0.2) is 200 Å². The summed E-state index contributed by atoms with van der Waals surface area (Å²) in [6, 6.07) is 72.8. The maximum atomic E-state index is 9.39. The summed E-state index contributed by atoms with van der Waals surface area (Å²) in [5.41, 5.74) is 9.89. The molecule has 11 aromatic rings. The second-order valence-corrected chi connectivity index (χ2v) is 14.8. The highest BCUT2D eigenvalue weighted by atomic mass is 14.9. The predicted molar refractivity (Wildman–Crippen MR) is 241 cm³/mol. The van der Waals surface area contributed by atoms with Crippen LogP contribution in [0.3, 0.4) is 0 Å². The molecule has 0 aliphatic heterocycles. The Morgan fingerprint density at radius 1 is 0.310 bits per heavy atom. The SMILES string of the molecule is N#Cc1ccc(-c2cccc(-c3cc(-c4ccccc4)nc(-c4c5ccccc5c(-c5c6ccccc6cc6c5ccc5ccccc56)c5ccccc45)n3)c2)cc1. The number of hydrogen-bond donors (Lipinski definition) is 0. The van der Waals surface area contributed by atoms with Crippen molar-refractivity contribution >= 4 is 53.9 Å². The van der Waals surface area contributed by atoms with Gasteiger partial charge in [0.15, 0.2) is 5.82 Å². The molecule has 3 heteroatoms. The van der Waals surface area contributed by atoms with Gasteiger partial charge in [0.05, 0.1) is 23.0 Å². The van der Waals surface area contributed by atoms with E-state index in [0.717, 1.165) is 60.8 Å². The Morgan fingerprint density at radius 2 is 0.828 bits per heavy atom. The van der Waals surface area contributed by atoms with E-state index in [1.165, 1.54) is 43.4 Å². The van der Waals surface area contributed by atoms with Crippen LogP contribution in [0.25, 0.3) is 110 Å². The molecule has 0 spiro atoms. The quantitative estimate of drug-likeness (QED) is 0.131. The first-order valence-corrected chi connectivity index (χ1v) is 19.5. The Morgan fingerprint density at radius 3 is 1.52 bits per heavy atom. The lowest BCUT2D eigenvalue weighted by atomic mass is 9.83. The molecule has 11 rings (SSSR count). The molecule has 0 atom stereocenters. The van der Waals surface area contributed by atoms with E-state index in [1.54, 1.807) is 0 Å². The van der Waals surface area contributed by atoms with E-state index < -0.39 is 0 Å². The molecule has 0 N–H and O–H groups in total. The van der Waals surface area contributed by atoms with E-state index in [1.807, 2.05) is 30.3 Å². The molecular formula is C55H33N3. The minimum atomic E-state index is 0.639. The summed E-state index contributed by atoms with van der Waals surface area (Å²) in [7, 11) is 0. The van der Waals surface area contributed by atoms with Gasteiger partial charge < -0.3 is 0 Å². The van der Waals surface area contributed by atoms with Crippen molar-refractivity contribution in [3.8, 4) is 62.2 Å². The summed E-state index contributed by atoms with van der Waals surface area (Å²) >= 11 is 0. The molecule has 0 radical (unpaired) electrons. The van der Waals surface area contributed by atoms with Crippen LogP contribution in [0.4, 0.5) is 0 Å². The average molecular weight is 736 g/mol. The standard InChI is InChI=1S/C55H33N3/c56-34-35-25-27-36(28-26-35)39-17-12-18-41(31-39)51-33-50(38-14-2-1-3-15-38)57-55(58-51)54-46-23-10-8-21-44(46)53(45-22-9-11-24-47(45)54)52-43-20-7-5-16-40(43)32-49-42-19-6-4-13-37(42)29-30-48(49)52/h1-33H. The first-order valence-electron chi connectivity index (χ1n) is 19.5. The zero-order valence-corrected chi connectivity index (χ0v) is 31.4. The Kier molecular flexibility index (Phi) is 7.88. The number of nitriles is 1. The number of nitrogens with zero attached hydrogens (tertiary/aromatic N) is 3. The molecule has 268 valence electrons. The highest BCUT2D eigenvalue weighted by Gasteiger charge is 2.22. The molecule has 58 heavy (non-hydrogen) atoms. The third-order valence-corrected chi connectivity index (χ3v) is 11.5. The zero-order valence-electron chi connectivity index (χ0n) is 31.4. The van der Waals surface area contributed by atoms with Crippen LogP contribution >= 0.6 is 0 Å². The summed E-state index contributed by atoms with van der Waals surface area (Å²) in [5, 5.41) is 21.3. The molecule has 0 saturated carbocycles. The zero-order chi connectivity index (χ0) is 38.6. The molecule has 0 bridgehead atoms. The normalized spacial score (nSPS) is 11.4. The lowest BCUT2D eigenvalue weighted by Crippen LogP contribution is -1.99. The van der Waals surface area contributed by atoms with E-state index in [-0.39, 0.29) is 0 Å². The number of hydrogen-bond acceptors (Lipinski definition) is 3. The summed E-state index contributed by atoms with van der Waals surface area (Å²) in [4.78, 5) is 10.8. The fourth-order valence-electron chi connectivity index (χ4n) is 8.79. The molecule has 3 nitrogen and oxygen atoms in total. The monoisotopic (exact) mass is 735 g/mol. The summed E-state index contributed by atoms with van der Waals surface area (Å²) in [6.45, 7) is 0. The van der Waals surface area contributed by atoms with Gasteiger partial charge in [-0.2, -0.15) is 5.26 Å². The van der Waals surface area contributed by atoms with E-state index in [4.69, 9.17) is 9.97 Å². The van der Waals surface area contributed by atoms with Gasteiger partial charge in [0, 0.05) is 16.7 Å². The van der Waals surface area contributed by atoms with Crippen LogP contribution < -0.4 is 0 Å². The summed E-state index contributed by atoms with van der Waals surface area (Å²) < 4.78 is 0. The molecule has 0 unspecified atom stereocenters. The van der Waals surface area contributed by atoms with Crippen LogP contribution in [0.5, 0.6) is 0 Å². The van der Waals surface area contributed by atoms with Crippen molar-refractivity contribution < 1.29 is 0 Å². The highest BCUT2D eigenvalue weighted by molar-refractivity contribution is 6.29. The van der Waals surface area contributed by atoms with Gasteiger partial charge in [-0.3, -0.25) is 0 Å². The number of fused-ring (bicyclic) bond motifs is 6. The van der Waals surface area contributed by atoms with Gasteiger partial charge in [-0.05, 0) is 106 Å². The third-order valence-electron chi connectivity index (χ3n) is 11.5. The molecule has 0 aliphatic carbocycles. The minimum absolute atomic E-state index is 0.639.